The Kier molecular flexibility index (Phi) is 13.9. The van der Waals surface area contributed by atoms with Gasteiger partial charge in [-0.15, -0.1) is 0 Å². The highest BCUT2D eigenvalue weighted by Gasteiger charge is 2.21. The highest BCUT2D eigenvalue weighted by atomic mass is 16.6. The van der Waals surface area contributed by atoms with Crippen LogP contribution in [-0.4, -0.2) is 17.7 Å². The minimum absolute atomic E-state index is 0.0198. The Morgan fingerprint density at radius 3 is 1.84 bits per heavy atom. The van der Waals surface area contributed by atoms with Crippen LogP contribution in [0.25, 0.3) is 0 Å². The maximum Gasteiger partial charge on any atom is 0.334 e. The number of unbranched alkanes of at least 4 members (excludes halogenated alkanes) is 10. The van der Waals surface area contributed by atoms with Gasteiger partial charge in [0.1, 0.15) is 0 Å². The van der Waals surface area contributed by atoms with Gasteiger partial charge in [0.15, 0.2) is 6.23 Å². The Morgan fingerprint density at radius 2 is 1.40 bits per heavy atom. The van der Waals surface area contributed by atoms with Gasteiger partial charge < -0.3 is 4.74 Å². The highest BCUT2D eigenvalue weighted by molar-refractivity contribution is 5.87. The lowest BCUT2D eigenvalue weighted by Crippen LogP contribution is -2.46. The monoisotopic (exact) mass is 353 g/mol. The minimum atomic E-state index is -0.328. The van der Waals surface area contributed by atoms with Crippen LogP contribution in [0.1, 0.15) is 112 Å². The zero-order valence-corrected chi connectivity index (χ0v) is 17.6. The molecule has 0 aromatic heterocycles. The minimum Gasteiger partial charge on any atom is -0.444 e. The van der Waals surface area contributed by atoms with Crippen LogP contribution in [-0.2, 0) is 9.53 Å². The number of ether oxygens (including phenoxy) is 1. The van der Waals surface area contributed by atoms with Gasteiger partial charge in [0.25, 0.3) is 0 Å². The second-order valence-corrected chi connectivity index (χ2v) is 8.14. The molecule has 1 atom stereocenters. The third-order valence-corrected chi connectivity index (χ3v) is 4.63. The quantitative estimate of drug-likeness (QED) is 0.148. The number of hydrogen-bond donors (Lipinski definition) is 1. The van der Waals surface area contributed by atoms with E-state index in [1.54, 1.807) is 6.92 Å². The standard InChI is InChI=1S/C22H43NO2/c1-7-8-9-10-11-12-13-14-15-16-17-18-22(5,6)23-20(4)25-21(24)19(2)3/h20,23H,2,7-18H2,1,3-6H3. The number of carbonyl (C=O) groups excluding carboxylic acids is 1. The van der Waals surface area contributed by atoms with Gasteiger partial charge in [0.05, 0.1) is 0 Å². The number of hydrogen-bond acceptors (Lipinski definition) is 3. The smallest absolute Gasteiger partial charge is 0.334 e. The maximum atomic E-state index is 11.5. The molecule has 3 nitrogen and oxygen atoms in total. The van der Waals surface area contributed by atoms with Crippen LogP contribution in [0.5, 0.6) is 0 Å². The molecule has 25 heavy (non-hydrogen) atoms. The van der Waals surface area contributed by atoms with Crippen molar-refractivity contribution in [1.82, 2.24) is 5.32 Å². The van der Waals surface area contributed by atoms with Gasteiger partial charge in [0.2, 0.25) is 0 Å². The topological polar surface area (TPSA) is 38.3 Å². The number of nitrogens with one attached hydrogen (secondary N) is 1. The summed E-state index contributed by atoms with van der Waals surface area (Å²) < 4.78 is 5.30. The molecule has 0 heterocycles. The number of esters is 1. The van der Waals surface area contributed by atoms with Gasteiger partial charge in [0, 0.05) is 11.1 Å². The average Bonchev–Trinajstić information content (AvgIpc) is 2.51. The number of rotatable bonds is 16. The first kappa shape index (κ1) is 24.2. The summed E-state index contributed by atoms with van der Waals surface area (Å²) in [7, 11) is 0. The van der Waals surface area contributed by atoms with Crippen LogP contribution in [0, 0.1) is 0 Å². The molecule has 0 saturated carbocycles. The molecule has 0 fully saturated rings. The molecule has 0 aliphatic carbocycles. The van der Waals surface area contributed by atoms with Gasteiger partial charge in [-0.05, 0) is 34.1 Å². The summed E-state index contributed by atoms with van der Waals surface area (Å²) in [6.45, 7) is 13.8. The number of carbonyl (C=O) groups is 1. The Balaban J connectivity index is 3.62. The first-order valence-electron chi connectivity index (χ1n) is 10.4. The molecule has 1 unspecified atom stereocenters. The molecular weight excluding hydrogens is 310 g/mol. The Morgan fingerprint density at radius 1 is 0.960 bits per heavy atom. The van der Waals surface area contributed by atoms with Crippen molar-refractivity contribution in [1.29, 1.82) is 0 Å². The van der Waals surface area contributed by atoms with E-state index in [4.69, 9.17) is 4.74 Å². The van der Waals surface area contributed by atoms with E-state index < -0.39 is 0 Å². The average molecular weight is 354 g/mol. The Hall–Kier alpha value is -0.830. The van der Waals surface area contributed by atoms with E-state index in [1.165, 1.54) is 70.6 Å². The van der Waals surface area contributed by atoms with Gasteiger partial charge in [-0.3, -0.25) is 5.32 Å². The van der Waals surface area contributed by atoms with E-state index in [-0.39, 0.29) is 17.7 Å². The van der Waals surface area contributed by atoms with E-state index in [1.807, 2.05) is 6.92 Å². The van der Waals surface area contributed by atoms with Crippen LogP contribution < -0.4 is 5.32 Å². The Bertz CT molecular complexity index is 363. The second kappa shape index (κ2) is 14.4. The zero-order valence-electron chi connectivity index (χ0n) is 17.6. The summed E-state index contributed by atoms with van der Waals surface area (Å²) in [5, 5.41) is 3.39. The van der Waals surface area contributed by atoms with Gasteiger partial charge in [-0.2, -0.15) is 0 Å². The lowest BCUT2D eigenvalue weighted by molar-refractivity contribution is -0.145. The third-order valence-electron chi connectivity index (χ3n) is 4.63. The molecular formula is C22H43NO2. The first-order valence-corrected chi connectivity index (χ1v) is 10.4. The van der Waals surface area contributed by atoms with E-state index in [2.05, 4.69) is 32.7 Å². The van der Waals surface area contributed by atoms with E-state index in [0.717, 1.165) is 6.42 Å². The van der Waals surface area contributed by atoms with Crippen LogP contribution in [0.3, 0.4) is 0 Å². The van der Waals surface area contributed by atoms with Crippen molar-refractivity contribution < 1.29 is 9.53 Å². The lowest BCUT2D eigenvalue weighted by atomic mass is 9.95. The molecule has 3 heteroatoms. The van der Waals surface area contributed by atoms with Crippen molar-refractivity contribution in [2.45, 2.75) is 123 Å². The molecule has 0 aliphatic heterocycles. The summed E-state index contributed by atoms with van der Waals surface area (Å²) in [6, 6.07) is 0. The second-order valence-electron chi connectivity index (χ2n) is 8.14. The fourth-order valence-electron chi connectivity index (χ4n) is 3.14. The van der Waals surface area contributed by atoms with Crippen molar-refractivity contribution >= 4 is 5.97 Å². The van der Waals surface area contributed by atoms with E-state index >= 15 is 0 Å². The van der Waals surface area contributed by atoms with Gasteiger partial charge in [-0.25, -0.2) is 4.79 Å². The van der Waals surface area contributed by atoms with Crippen LogP contribution in [0.15, 0.2) is 12.2 Å². The van der Waals surface area contributed by atoms with E-state index in [9.17, 15) is 4.79 Å². The largest absolute Gasteiger partial charge is 0.444 e. The van der Waals surface area contributed by atoms with Crippen LogP contribution in [0.2, 0.25) is 0 Å². The zero-order chi connectivity index (χ0) is 19.1. The van der Waals surface area contributed by atoms with Crippen molar-refractivity contribution in [3.8, 4) is 0 Å². The van der Waals surface area contributed by atoms with E-state index in [0.29, 0.717) is 5.57 Å². The molecule has 0 aromatic carbocycles. The molecule has 0 saturated heterocycles. The van der Waals surface area contributed by atoms with Crippen molar-refractivity contribution in [3.05, 3.63) is 12.2 Å². The summed E-state index contributed by atoms with van der Waals surface area (Å²) in [4.78, 5) is 11.5. The molecule has 0 amide bonds. The van der Waals surface area contributed by atoms with Crippen LogP contribution >= 0.6 is 0 Å². The van der Waals surface area contributed by atoms with Gasteiger partial charge in [-0.1, -0.05) is 84.1 Å². The highest BCUT2D eigenvalue weighted by Crippen LogP contribution is 2.17. The fraction of sp³-hybridized carbons (Fsp3) is 0.864. The normalized spacial score (nSPS) is 12.8. The lowest BCUT2D eigenvalue weighted by Gasteiger charge is -2.30. The van der Waals surface area contributed by atoms with Crippen molar-refractivity contribution in [2.75, 3.05) is 0 Å². The molecule has 0 aromatic rings. The predicted octanol–water partition coefficient (Wildman–Crippen LogP) is 6.52. The molecule has 1 N–H and O–H groups in total. The maximum absolute atomic E-state index is 11.5. The van der Waals surface area contributed by atoms with Gasteiger partial charge >= 0.3 is 5.97 Å². The van der Waals surface area contributed by atoms with Crippen molar-refractivity contribution in [3.63, 3.8) is 0 Å². The molecule has 0 rings (SSSR count). The Labute approximate surface area is 157 Å². The molecule has 148 valence electrons. The SMILES string of the molecule is C=C(C)C(=O)OC(C)NC(C)(C)CCCCCCCCCCCCC. The summed E-state index contributed by atoms with van der Waals surface area (Å²) in [5.41, 5.74) is 0.422. The summed E-state index contributed by atoms with van der Waals surface area (Å²) in [5.74, 6) is -0.328. The molecule has 0 radical (unpaired) electrons. The fourth-order valence-corrected chi connectivity index (χ4v) is 3.14. The predicted molar refractivity (Wildman–Crippen MR) is 109 cm³/mol. The summed E-state index contributed by atoms with van der Waals surface area (Å²) >= 11 is 0. The van der Waals surface area contributed by atoms with Crippen LogP contribution in [0.4, 0.5) is 0 Å². The molecule has 0 spiro atoms. The first-order chi connectivity index (χ1) is 11.8. The third kappa shape index (κ3) is 15.2. The molecule has 0 aliphatic rings. The summed E-state index contributed by atoms with van der Waals surface area (Å²) in [6.07, 6.45) is 15.8. The molecule has 0 bridgehead atoms. The van der Waals surface area contributed by atoms with Crippen molar-refractivity contribution in [2.24, 2.45) is 0 Å².